The van der Waals surface area contributed by atoms with Gasteiger partial charge in [-0.3, -0.25) is 10.2 Å². The number of sulfonamides is 1. The number of benzene rings is 2. The van der Waals surface area contributed by atoms with E-state index in [2.05, 4.69) is 15.6 Å². The van der Waals surface area contributed by atoms with Gasteiger partial charge in [-0.25, -0.2) is 18.6 Å². The summed E-state index contributed by atoms with van der Waals surface area (Å²) in [7, 11) is -0.443. The van der Waals surface area contributed by atoms with Crippen molar-refractivity contribution in [1.29, 1.82) is 0 Å². The van der Waals surface area contributed by atoms with E-state index in [1.165, 1.54) is 17.0 Å². The van der Waals surface area contributed by atoms with Crippen LogP contribution in [0.25, 0.3) is 0 Å². The fourth-order valence-electron chi connectivity index (χ4n) is 3.01. The summed E-state index contributed by atoms with van der Waals surface area (Å²) in [4.78, 5) is 13.6. The number of amides is 1. The maximum absolute atomic E-state index is 12.6. The number of carbonyl (C=O) groups excluding carboxylic acids is 1. The lowest BCUT2D eigenvalue weighted by Gasteiger charge is -2.13. The monoisotopic (exact) mass is 388 g/mol. The highest BCUT2D eigenvalue weighted by atomic mass is 32.2. The first kappa shape index (κ1) is 19.5. The highest BCUT2D eigenvalue weighted by molar-refractivity contribution is 7.89. The molecule has 0 saturated carbocycles. The van der Waals surface area contributed by atoms with Crippen LogP contribution in [0.3, 0.4) is 0 Å². The lowest BCUT2D eigenvalue weighted by molar-refractivity contribution is 0.0827. The second-order valence-electron chi connectivity index (χ2n) is 6.76. The van der Waals surface area contributed by atoms with E-state index in [4.69, 9.17) is 0 Å². The number of rotatable bonds is 6. The summed E-state index contributed by atoms with van der Waals surface area (Å²) in [5, 5.41) is 0. The summed E-state index contributed by atoms with van der Waals surface area (Å²) in [6, 6.07) is 16.2. The Morgan fingerprint density at radius 3 is 2.56 bits per heavy atom. The Hall–Kier alpha value is -2.26. The Morgan fingerprint density at radius 1 is 1.11 bits per heavy atom. The summed E-state index contributed by atoms with van der Waals surface area (Å²) < 4.78 is 27.8. The van der Waals surface area contributed by atoms with Crippen LogP contribution in [0.4, 0.5) is 0 Å². The number of hydrogen-bond donors (Lipinski definition) is 3. The molecule has 2 atom stereocenters. The van der Waals surface area contributed by atoms with E-state index in [-0.39, 0.29) is 29.4 Å². The molecule has 1 aliphatic rings. The molecule has 27 heavy (non-hydrogen) atoms. The fourth-order valence-corrected chi connectivity index (χ4v) is 4.14. The lowest BCUT2D eigenvalue weighted by Crippen LogP contribution is -2.40. The average molecular weight is 388 g/mol. The van der Waals surface area contributed by atoms with Crippen LogP contribution in [0.5, 0.6) is 0 Å². The molecule has 3 rings (SSSR count). The zero-order chi connectivity index (χ0) is 19.4. The third-order valence-electron chi connectivity index (χ3n) is 4.50. The largest absolute Gasteiger partial charge is 0.345 e. The van der Waals surface area contributed by atoms with Crippen molar-refractivity contribution in [2.75, 3.05) is 20.6 Å². The molecule has 0 spiro atoms. The Balaban J connectivity index is 1.63. The fraction of sp³-hybridized carbons (Fsp3) is 0.316. The van der Waals surface area contributed by atoms with Crippen LogP contribution >= 0.6 is 0 Å². The van der Waals surface area contributed by atoms with Crippen molar-refractivity contribution in [3.63, 3.8) is 0 Å². The second-order valence-corrected chi connectivity index (χ2v) is 8.53. The van der Waals surface area contributed by atoms with E-state index in [0.717, 1.165) is 12.0 Å². The summed E-state index contributed by atoms with van der Waals surface area (Å²) in [5.41, 5.74) is 7.83. The van der Waals surface area contributed by atoms with Crippen LogP contribution in [0.15, 0.2) is 59.5 Å². The van der Waals surface area contributed by atoms with Gasteiger partial charge >= 0.3 is 0 Å². The average Bonchev–Trinajstić information content (AvgIpc) is 3.16. The number of hydrazine groups is 1. The molecule has 1 amide bonds. The van der Waals surface area contributed by atoms with Gasteiger partial charge in [-0.1, -0.05) is 36.4 Å². The van der Waals surface area contributed by atoms with Crippen molar-refractivity contribution in [1.82, 2.24) is 20.5 Å². The molecular formula is C19H24N4O3S. The zero-order valence-electron chi connectivity index (χ0n) is 15.3. The molecule has 0 bridgehead atoms. The molecular weight excluding hydrogens is 364 g/mol. The molecule has 2 aromatic carbocycles. The van der Waals surface area contributed by atoms with Crippen LogP contribution in [-0.2, 0) is 10.0 Å². The summed E-state index contributed by atoms with van der Waals surface area (Å²) in [6.45, 7) is 0.254. The first-order valence-corrected chi connectivity index (χ1v) is 10.2. The molecule has 0 radical (unpaired) electrons. The van der Waals surface area contributed by atoms with Crippen molar-refractivity contribution in [2.45, 2.75) is 23.4 Å². The third-order valence-corrected chi connectivity index (χ3v) is 5.92. The van der Waals surface area contributed by atoms with Crippen LogP contribution in [-0.4, -0.2) is 45.9 Å². The Labute approximate surface area is 159 Å². The second kappa shape index (κ2) is 8.18. The van der Waals surface area contributed by atoms with Crippen molar-refractivity contribution in [3.05, 3.63) is 65.7 Å². The Kier molecular flexibility index (Phi) is 5.91. The van der Waals surface area contributed by atoms with E-state index in [1.54, 1.807) is 26.2 Å². The van der Waals surface area contributed by atoms with E-state index in [0.29, 0.717) is 5.56 Å². The highest BCUT2D eigenvalue weighted by Gasteiger charge is 2.26. The first-order chi connectivity index (χ1) is 12.9. The predicted molar refractivity (Wildman–Crippen MR) is 104 cm³/mol. The smallest absolute Gasteiger partial charge is 0.253 e. The Bertz CT molecular complexity index is 900. The molecule has 0 aliphatic carbocycles. The van der Waals surface area contributed by atoms with Crippen LogP contribution < -0.4 is 15.6 Å². The maximum Gasteiger partial charge on any atom is 0.253 e. The minimum atomic E-state index is -3.70. The van der Waals surface area contributed by atoms with E-state index < -0.39 is 10.0 Å². The van der Waals surface area contributed by atoms with Crippen molar-refractivity contribution < 1.29 is 13.2 Å². The van der Waals surface area contributed by atoms with Gasteiger partial charge in [0.05, 0.1) is 4.90 Å². The van der Waals surface area contributed by atoms with Crippen LogP contribution in [0.2, 0.25) is 0 Å². The zero-order valence-corrected chi connectivity index (χ0v) is 16.2. The molecule has 1 aliphatic heterocycles. The van der Waals surface area contributed by atoms with Crippen molar-refractivity contribution in [3.8, 4) is 0 Å². The van der Waals surface area contributed by atoms with E-state index >= 15 is 0 Å². The van der Waals surface area contributed by atoms with Crippen LogP contribution in [0.1, 0.15) is 28.4 Å². The summed E-state index contributed by atoms with van der Waals surface area (Å²) >= 11 is 0. The number of nitrogens with zero attached hydrogens (tertiary/aromatic N) is 1. The van der Waals surface area contributed by atoms with Gasteiger partial charge < -0.3 is 4.90 Å². The van der Waals surface area contributed by atoms with Gasteiger partial charge in [0.15, 0.2) is 0 Å². The predicted octanol–water partition coefficient (Wildman–Crippen LogP) is 1.27. The standard InChI is InChI=1S/C19H24N4O3S/c1-23(2)19(24)15-9-6-10-17(11-15)27(25,26)20-13-16-12-18(22-21-16)14-7-4-3-5-8-14/h3-11,16,18,20-22H,12-13H2,1-2H3. The maximum atomic E-state index is 12.6. The summed E-state index contributed by atoms with van der Waals surface area (Å²) in [6.07, 6.45) is 0.770. The van der Waals surface area contributed by atoms with E-state index in [9.17, 15) is 13.2 Å². The molecule has 1 heterocycles. The number of carbonyl (C=O) groups is 1. The Morgan fingerprint density at radius 2 is 1.85 bits per heavy atom. The highest BCUT2D eigenvalue weighted by Crippen LogP contribution is 2.22. The van der Waals surface area contributed by atoms with Crippen molar-refractivity contribution in [2.24, 2.45) is 0 Å². The van der Waals surface area contributed by atoms with Gasteiger partial charge in [-0.2, -0.15) is 0 Å². The quantitative estimate of drug-likeness (QED) is 0.693. The normalized spacial score (nSPS) is 19.8. The number of hydrogen-bond acceptors (Lipinski definition) is 5. The van der Waals surface area contributed by atoms with Gasteiger partial charge in [0.2, 0.25) is 10.0 Å². The molecule has 1 saturated heterocycles. The van der Waals surface area contributed by atoms with Gasteiger partial charge in [0.1, 0.15) is 0 Å². The van der Waals surface area contributed by atoms with Gasteiger partial charge in [0, 0.05) is 38.3 Å². The van der Waals surface area contributed by atoms with Gasteiger partial charge in [0.25, 0.3) is 5.91 Å². The first-order valence-electron chi connectivity index (χ1n) is 8.74. The van der Waals surface area contributed by atoms with E-state index in [1.807, 2.05) is 30.3 Å². The van der Waals surface area contributed by atoms with Crippen molar-refractivity contribution >= 4 is 15.9 Å². The minimum absolute atomic E-state index is 0.0310. The third kappa shape index (κ3) is 4.72. The van der Waals surface area contributed by atoms with Gasteiger partial charge in [-0.05, 0) is 30.2 Å². The molecule has 2 aromatic rings. The number of nitrogens with one attached hydrogen (secondary N) is 3. The molecule has 3 N–H and O–H groups in total. The minimum Gasteiger partial charge on any atom is -0.345 e. The van der Waals surface area contributed by atoms with Crippen LogP contribution in [0, 0.1) is 0 Å². The molecule has 144 valence electrons. The molecule has 0 aromatic heterocycles. The molecule has 7 nitrogen and oxygen atoms in total. The molecule has 2 unspecified atom stereocenters. The van der Waals surface area contributed by atoms with Gasteiger partial charge in [-0.15, -0.1) is 0 Å². The molecule has 8 heteroatoms. The lowest BCUT2D eigenvalue weighted by atomic mass is 10.0. The SMILES string of the molecule is CN(C)C(=O)c1cccc(S(=O)(=O)NCC2CC(c3ccccc3)NN2)c1. The summed E-state index contributed by atoms with van der Waals surface area (Å²) in [5.74, 6) is -0.237. The topological polar surface area (TPSA) is 90.5 Å². The molecule has 1 fully saturated rings.